The molecule has 80 valence electrons. The van der Waals surface area contributed by atoms with Crippen LogP contribution in [-0.4, -0.2) is 19.6 Å². The minimum atomic E-state index is 0.357. The molecule has 0 spiro atoms. The molecule has 15 heavy (non-hydrogen) atoms. The molecule has 0 saturated heterocycles. The molecule has 2 rings (SSSR count). The molecule has 0 saturated carbocycles. The van der Waals surface area contributed by atoms with Crippen molar-refractivity contribution < 1.29 is 0 Å². The molecule has 0 aliphatic carbocycles. The van der Waals surface area contributed by atoms with Gasteiger partial charge in [-0.1, -0.05) is 27.7 Å². The first-order valence-electron chi connectivity index (χ1n) is 5.29. The lowest BCUT2D eigenvalue weighted by molar-refractivity contribution is 0.701. The maximum Gasteiger partial charge on any atom is 0.162 e. The van der Waals surface area contributed by atoms with Gasteiger partial charge in [0.05, 0.1) is 0 Å². The van der Waals surface area contributed by atoms with Crippen molar-refractivity contribution in [3.05, 3.63) is 23.9 Å². The Morgan fingerprint density at radius 3 is 2.40 bits per heavy atom. The van der Waals surface area contributed by atoms with Gasteiger partial charge in [-0.05, 0) is 5.92 Å². The van der Waals surface area contributed by atoms with Gasteiger partial charge in [-0.2, -0.15) is 9.61 Å². The van der Waals surface area contributed by atoms with E-state index < -0.39 is 0 Å². The highest BCUT2D eigenvalue weighted by atomic mass is 15.3. The van der Waals surface area contributed by atoms with Gasteiger partial charge in [-0.3, -0.25) is 0 Å². The average molecular weight is 204 g/mol. The van der Waals surface area contributed by atoms with Crippen LogP contribution in [0.25, 0.3) is 5.65 Å². The zero-order chi connectivity index (χ0) is 11.0. The number of rotatable bonds is 2. The monoisotopic (exact) mass is 204 g/mol. The van der Waals surface area contributed by atoms with Gasteiger partial charge in [0, 0.05) is 17.7 Å². The van der Waals surface area contributed by atoms with Crippen LogP contribution in [0.3, 0.4) is 0 Å². The summed E-state index contributed by atoms with van der Waals surface area (Å²) < 4.78 is 1.85. The van der Waals surface area contributed by atoms with E-state index in [1.165, 1.54) is 0 Å². The molecule has 0 fully saturated rings. The van der Waals surface area contributed by atoms with E-state index >= 15 is 0 Å². The fourth-order valence-corrected chi connectivity index (χ4v) is 1.66. The van der Waals surface area contributed by atoms with Gasteiger partial charge in [-0.25, -0.2) is 9.97 Å². The predicted octanol–water partition coefficient (Wildman–Crippen LogP) is 2.37. The van der Waals surface area contributed by atoms with Crippen LogP contribution in [0, 0.1) is 0 Å². The Kier molecular flexibility index (Phi) is 2.42. The third-order valence-electron chi connectivity index (χ3n) is 2.50. The second kappa shape index (κ2) is 3.61. The van der Waals surface area contributed by atoms with Gasteiger partial charge in [0.1, 0.15) is 12.2 Å². The zero-order valence-electron chi connectivity index (χ0n) is 9.60. The lowest BCUT2D eigenvalue weighted by Gasteiger charge is -2.10. The Morgan fingerprint density at radius 2 is 1.80 bits per heavy atom. The second-order valence-electron chi connectivity index (χ2n) is 4.38. The third kappa shape index (κ3) is 1.60. The SMILES string of the molecule is CC(C)c1cnc(C(C)C)n2ncnc12. The minimum Gasteiger partial charge on any atom is -0.241 e. The van der Waals surface area contributed by atoms with Crippen LogP contribution in [0.5, 0.6) is 0 Å². The summed E-state index contributed by atoms with van der Waals surface area (Å²) >= 11 is 0. The highest BCUT2D eigenvalue weighted by Crippen LogP contribution is 2.20. The van der Waals surface area contributed by atoms with Crippen molar-refractivity contribution in [1.29, 1.82) is 0 Å². The normalized spacial score (nSPS) is 11.9. The van der Waals surface area contributed by atoms with Crippen molar-refractivity contribution in [2.24, 2.45) is 0 Å². The second-order valence-corrected chi connectivity index (χ2v) is 4.38. The maximum atomic E-state index is 4.46. The molecule has 0 amide bonds. The summed E-state index contributed by atoms with van der Waals surface area (Å²) in [6.07, 6.45) is 3.51. The van der Waals surface area contributed by atoms with Crippen LogP contribution in [-0.2, 0) is 0 Å². The van der Waals surface area contributed by atoms with E-state index in [4.69, 9.17) is 0 Å². The Labute approximate surface area is 89.4 Å². The largest absolute Gasteiger partial charge is 0.241 e. The molecule has 0 atom stereocenters. The van der Waals surface area contributed by atoms with Crippen molar-refractivity contribution in [3.8, 4) is 0 Å². The summed E-state index contributed by atoms with van der Waals surface area (Å²) in [5, 5.41) is 4.23. The number of aromatic nitrogens is 4. The Morgan fingerprint density at radius 1 is 1.07 bits per heavy atom. The number of hydrogen-bond acceptors (Lipinski definition) is 3. The smallest absolute Gasteiger partial charge is 0.162 e. The zero-order valence-corrected chi connectivity index (χ0v) is 9.60. The summed E-state index contributed by atoms with van der Waals surface area (Å²) in [4.78, 5) is 8.76. The molecule has 4 heteroatoms. The van der Waals surface area contributed by atoms with Crippen molar-refractivity contribution in [2.45, 2.75) is 39.5 Å². The third-order valence-corrected chi connectivity index (χ3v) is 2.50. The van der Waals surface area contributed by atoms with Crippen LogP contribution >= 0.6 is 0 Å². The summed E-state index contributed by atoms with van der Waals surface area (Å²) in [6, 6.07) is 0. The number of fused-ring (bicyclic) bond motifs is 1. The number of hydrogen-bond donors (Lipinski definition) is 0. The Bertz CT molecular complexity index is 428. The van der Waals surface area contributed by atoms with Crippen LogP contribution < -0.4 is 0 Å². The van der Waals surface area contributed by atoms with Gasteiger partial charge < -0.3 is 0 Å². The lowest BCUT2D eigenvalue weighted by atomic mass is 10.1. The Balaban J connectivity index is 2.71. The van der Waals surface area contributed by atoms with E-state index in [1.54, 1.807) is 6.33 Å². The van der Waals surface area contributed by atoms with Crippen LogP contribution in [0.2, 0.25) is 0 Å². The molecular formula is C11H16N4. The Hall–Kier alpha value is -1.45. The van der Waals surface area contributed by atoms with Crippen molar-refractivity contribution in [2.75, 3.05) is 0 Å². The molecule has 2 aromatic heterocycles. The molecule has 0 aromatic carbocycles. The maximum absolute atomic E-state index is 4.46. The van der Waals surface area contributed by atoms with E-state index in [1.807, 2.05) is 10.7 Å². The quantitative estimate of drug-likeness (QED) is 0.754. The van der Waals surface area contributed by atoms with Crippen LogP contribution in [0.15, 0.2) is 12.5 Å². The van der Waals surface area contributed by atoms with E-state index in [0.29, 0.717) is 11.8 Å². The first-order valence-corrected chi connectivity index (χ1v) is 5.29. The van der Waals surface area contributed by atoms with Gasteiger partial charge in [0.2, 0.25) is 0 Å². The predicted molar refractivity (Wildman–Crippen MR) is 59.0 cm³/mol. The van der Waals surface area contributed by atoms with Crippen LogP contribution in [0.4, 0.5) is 0 Å². The summed E-state index contributed by atoms with van der Waals surface area (Å²) in [5.41, 5.74) is 2.08. The summed E-state index contributed by atoms with van der Waals surface area (Å²) in [5.74, 6) is 1.74. The topological polar surface area (TPSA) is 43.1 Å². The van der Waals surface area contributed by atoms with Crippen molar-refractivity contribution in [3.63, 3.8) is 0 Å². The molecule has 2 aromatic rings. The highest BCUT2D eigenvalue weighted by molar-refractivity contribution is 5.47. The fourth-order valence-electron chi connectivity index (χ4n) is 1.66. The van der Waals surface area contributed by atoms with E-state index in [2.05, 4.69) is 42.8 Å². The van der Waals surface area contributed by atoms with Gasteiger partial charge in [-0.15, -0.1) is 0 Å². The van der Waals surface area contributed by atoms with Crippen molar-refractivity contribution >= 4 is 5.65 Å². The van der Waals surface area contributed by atoms with E-state index in [9.17, 15) is 0 Å². The molecular weight excluding hydrogens is 188 g/mol. The average Bonchev–Trinajstić information content (AvgIpc) is 2.63. The minimum absolute atomic E-state index is 0.357. The molecule has 0 aliphatic heterocycles. The molecule has 0 aliphatic rings. The van der Waals surface area contributed by atoms with Gasteiger partial charge in [0.15, 0.2) is 5.65 Å². The highest BCUT2D eigenvalue weighted by Gasteiger charge is 2.13. The van der Waals surface area contributed by atoms with Gasteiger partial charge >= 0.3 is 0 Å². The molecule has 0 N–H and O–H groups in total. The van der Waals surface area contributed by atoms with E-state index in [0.717, 1.165) is 17.0 Å². The van der Waals surface area contributed by atoms with E-state index in [-0.39, 0.29) is 0 Å². The number of nitrogens with zero attached hydrogens (tertiary/aromatic N) is 4. The summed E-state index contributed by atoms with van der Waals surface area (Å²) in [7, 11) is 0. The lowest BCUT2D eigenvalue weighted by Crippen LogP contribution is -2.07. The van der Waals surface area contributed by atoms with Gasteiger partial charge in [0.25, 0.3) is 0 Å². The standard InChI is InChI=1S/C11H16N4/c1-7(2)9-5-12-10(8(3)4)15-11(9)13-6-14-15/h5-8H,1-4H3. The molecule has 0 bridgehead atoms. The van der Waals surface area contributed by atoms with Crippen molar-refractivity contribution in [1.82, 2.24) is 19.6 Å². The first-order chi connectivity index (χ1) is 7.11. The fraction of sp³-hybridized carbons (Fsp3) is 0.545. The van der Waals surface area contributed by atoms with Crippen LogP contribution in [0.1, 0.15) is 50.9 Å². The molecule has 2 heterocycles. The summed E-state index contributed by atoms with van der Waals surface area (Å²) in [6.45, 7) is 8.50. The molecule has 0 unspecified atom stereocenters. The molecule has 4 nitrogen and oxygen atoms in total. The first kappa shape index (κ1) is 10.1. The molecule has 0 radical (unpaired) electrons.